The summed E-state index contributed by atoms with van der Waals surface area (Å²) in [6.07, 6.45) is 6.49. The maximum Gasteiger partial charge on any atom is 0.243 e. The van der Waals surface area contributed by atoms with E-state index < -0.39 is 10.0 Å². The first-order valence-corrected chi connectivity index (χ1v) is 13.0. The molecule has 4 rings (SSSR count). The molecule has 3 aliphatic rings. The first-order valence-electron chi connectivity index (χ1n) is 11.5. The normalized spacial score (nSPS) is 28.6. The van der Waals surface area contributed by atoms with Crippen molar-refractivity contribution in [3.63, 3.8) is 0 Å². The number of carbonyl (C=O) groups is 1. The van der Waals surface area contributed by atoms with Crippen LogP contribution in [0.15, 0.2) is 17.0 Å². The summed E-state index contributed by atoms with van der Waals surface area (Å²) in [6.45, 7) is 8.70. The van der Waals surface area contributed by atoms with Gasteiger partial charge in [0.05, 0.1) is 4.90 Å². The standard InChI is InChI=1S/C24H36N2O3S/c1-15-11-16(2)23(17(3)12-15)30(28,29)26-9-7-20(8-10-26)24(27)25-18(4)22-14-19-5-6-21(22)13-19/h11-12,18-22H,5-10,13-14H2,1-4H3,(H,25,27)/t18-,19+,21+,22+/m1/s1. The SMILES string of the molecule is Cc1cc(C)c(S(=O)(=O)N2CCC(C(=O)N[C@H](C)[C@@H]3C[C@H]4CC[C@H]3C4)CC2)c(C)c1. The Morgan fingerprint density at radius 1 is 1.03 bits per heavy atom. The van der Waals surface area contributed by atoms with Crippen molar-refractivity contribution in [3.05, 3.63) is 28.8 Å². The highest BCUT2D eigenvalue weighted by molar-refractivity contribution is 7.89. The van der Waals surface area contributed by atoms with E-state index in [1.165, 1.54) is 25.7 Å². The van der Waals surface area contributed by atoms with Crippen LogP contribution in [0, 0.1) is 44.4 Å². The number of nitrogens with zero attached hydrogens (tertiary/aromatic N) is 1. The van der Waals surface area contributed by atoms with Crippen molar-refractivity contribution >= 4 is 15.9 Å². The fraction of sp³-hybridized carbons (Fsp3) is 0.708. The third kappa shape index (κ3) is 4.05. The molecule has 0 radical (unpaired) electrons. The van der Waals surface area contributed by atoms with Gasteiger partial charge < -0.3 is 5.32 Å². The number of carbonyl (C=O) groups excluding carboxylic acids is 1. The van der Waals surface area contributed by atoms with Crippen LogP contribution >= 0.6 is 0 Å². The van der Waals surface area contributed by atoms with Gasteiger partial charge >= 0.3 is 0 Å². The lowest BCUT2D eigenvalue weighted by molar-refractivity contribution is -0.127. The maximum atomic E-state index is 13.3. The van der Waals surface area contributed by atoms with E-state index >= 15 is 0 Å². The van der Waals surface area contributed by atoms with Gasteiger partial charge in [0.1, 0.15) is 0 Å². The van der Waals surface area contributed by atoms with Gasteiger partial charge in [-0.25, -0.2) is 8.42 Å². The number of nitrogens with one attached hydrogen (secondary N) is 1. The molecule has 2 saturated carbocycles. The van der Waals surface area contributed by atoms with Gasteiger partial charge in [-0.15, -0.1) is 0 Å². The van der Waals surface area contributed by atoms with Crippen LogP contribution < -0.4 is 5.32 Å². The largest absolute Gasteiger partial charge is 0.353 e. The number of fused-ring (bicyclic) bond motifs is 2. The van der Waals surface area contributed by atoms with Crippen LogP contribution in [0.4, 0.5) is 0 Å². The first kappa shape index (κ1) is 21.8. The third-order valence-electron chi connectivity index (χ3n) is 7.83. The summed E-state index contributed by atoms with van der Waals surface area (Å²) < 4.78 is 28.1. The van der Waals surface area contributed by atoms with E-state index in [0.717, 1.165) is 28.5 Å². The van der Waals surface area contributed by atoms with Crippen molar-refractivity contribution in [1.29, 1.82) is 0 Å². The van der Waals surface area contributed by atoms with Crippen LogP contribution in [0.25, 0.3) is 0 Å². The van der Waals surface area contributed by atoms with Gasteiger partial charge in [0, 0.05) is 25.0 Å². The van der Waals surface area contributed by atoms with Crippen LogP contribution in [0.5, 0.6) is 0 Å². The first-order chi connectivity index (χ1) is 14.2. The van der Waals surface area contributed by atoms with Crippen molar-refractivity contribution in [2.45, 2.75) is 77.2 Å². The average molecular weight is 433 g/mol. The Morgan fingerprint density at radius 3 is 2.20 bits per heavy atom. The number of benzene rings is 1. The highest BCUT2D eigenvalue weighted by Crippen LogP contribution is 2.49. The Morgan fingerprint density at radius 2 is 1.67 bits per heavy atom. The van der Waals surface area contributed by atoms with E-state index in [0.29, 0.717) is 36.7 Å². The van der Waals surface area contributed by atoms with E-state index in [9.17, 15) is 13.2 Å². The van der Waals surface area contributed by atoms with Crippen LogP contribution in [0.1, 0.15) is 62.1 Å². The topological polar surface area (TPSA) is 66.5 Å². The summed E-state index contributed by atoms with van der Waals surface area (Å²) in [5, 5.41) is 3.28. The number of aryl methyl sites for hydroxylation is 3. The van der Waals surface area contributed by atoms with Gasteiger partial charge in [-0.2, -0.15) is 4.31 Å². The number of piperidine rings is 1. The molecule has 1 aliphatic heterocycles. The zero-order valence-corrected chi connectivity index (χ0v) is 19.6. The van der Waals surface area contributed by atoms with Crippen molar-refractivity contribution < 1.29 is 13.2 Å². The zero-order valence-electron chi connectivity index (χ0n) is 18.8. The van der Waals surface area contributed by atoms with Gasteiger partial charge in [0.2, 0.25) is 15.9 Å². The molecule has 3 fully saturated rings. The number of hydrogen-bond acceptors (Lipinski definition) is 3. The summed E-state index contributed by atoms with van der Waals surface area (Å²) >= 11 is 0. The second kappa shape index (κ2) is 8.27. The highest BCUT2D eigenvalue weighted by Gasteiger charge is 2.42. The zero-order chi connectivity index (χ0) is 21.6. The van der Waals surface area contributed by atoms with E-state index in [2.05, 4.69) is 12.2 Å². The number of rotatable bonds is 5. The second-order valence-corrected chi connectivity index (χ2v) is 11.9. The number of sulfonamides is 1. The Balaban J connectivity index is 1.36. The molecule has 1 N–H and O–H groups in total. The van der Waals surface area contributed by atoms with Gasteiger partial charge in [-0.05, 0) is 88.7 Å². The van der Waals surface area contributed by atoms with E-state index in [-0.39, 0.29) is 17.9 Å². The maximum absolute atomic E-state index is 13.3. The van der Waals surface area contributed by atoms with Crippen molar-refractivity contribution in [2.75, 3.05) is 13.1 Å². The summed E-state index contributed by atoms with van der Waals surface area (Å²) in [4.78, 5) is 13.3. The molecule has 6 heteroatoms. The molecule has 1 saturated heterocycles. The molecular weight excluding hydrogens is 396 g/mol. The average Bonchev–Trinajstić information content (AvgIpc) is 3.30. The smallest absolute Gasteiger partial charge is 0.243 e. The summed E-state index contributed by atoms with van der Waals surface area (Å²) in [7, 11) is -3.53. The quantitative estimate of drug-likeness (QED) is 0.766. The van der Waals surface area contributed by atoms with Gasteiger partial charge in [-0.3, -0.25) is 4.79 Å². The van der Waals surface area contributed by atoms with Gasteiger partial charge in [-0.1, -0.05) is 24.1 Å². The second-order valence-electron chi connectivity index (χ2n) is 10.0. The minimum absolute atomic E-state index is 0.0855. The minimum atomic E-state index is -3.53. The lowest BCUT2D eigenvalue weighted by atomic mass is 9.83. The van der Waals surface area contributed by atoms with Crippen LogP contribution in [0.3, 0.4) is 0 Å². The van der Waals surface area contributed by atoms with Crippen LogP contribution in [-0.4, -0.2) is 37.8 Å². The van der Waals surface area contributed by atoms with Crippen molar-refractivity contribution in [1.82, 2.24) is 9.62 Å². The Labute approximate surface area is 181 Å². The monoisotopic (exact) mass is 432 g/mol. The van der Waals surface area contributed by atoms with E-state index in [4.69, 9.17) is 0 Å². The van der Waals surface area contributed by atoms with Crippen molar-refractivity contribution in [3.8, 4) is 0 Å². The van der Waals surface area contributed by atoms with Crippen LogP contribution in [-0.2, 0) is 14.8 Å². The van der Waals surface area contributed by atoms with Gasteiger partial charge in [0.25, 0.3) is 0 Å². The summed E-state index contributed by atoms with van der Waals surface area (Å²) in [5.74, 6) is 2.32. The molecule has 1 amide bonds. The lowest BCUT2D eigenvalue weighted by Gasteiger charge is -2.33. The Kier molecular flexibility index (Phi) is 6.01. The molecular formula is C24H36N2O3S. The number of amides is 1. The van der Waals surface area contributed by atoms with Crippen LogP contribution in [0.2, 0.25) is 0 Å². The molecule has 5 nitrogen and oxygen atoms in total. The fourth-order valence-corrected chi connectivity index (χ4v) is 8.30. The molecule has 0 aromatic heterocycles. The predicted molar refractivity (Wildman–Crippen MR) is 119 cm³/mol. The highest BCUT2D eigenvalue weighted by atomic mass is 32.2. The minimum Gasteiger partial charge on any atom is -0.353 e. The molecule has 2 bridgehead atoms. The molecule has 0 spiro atoms. The van der Waals surface area contributed by atoms with E-state index in [1.807, 2.05) is 32.9 Å². The predicted octanol–water partition coefficient (Wildman–Crippen LogP) is 3.95. The third-order valence-corrected chi connectivity index (χ3v) is 10.0. The molecule has 166 valence electrons. The summed E-state index contributed by atoms with van der Waals surface area (Å²) in [5.41, 5.74) is 2.67. The lowest BCUT2D eigenvalue weighted by Crippen LogP contribution is -2.47. The molecule has 2 aliphatic carbocycles. The fourth-order valence-electron chi connectivity index (χ4n) is 6.42. The number of hydrogen-bond donors (Lipinski definition) is 1. The summed E-state index contributed by atoms with van der Waals surface area (Å²) in [6, 6.07) is 4.08. The Hall–Kier alpha value is -1.40. The Bertz CT molecular complexity index is 895. The van der Waals surface area contributed by atoms with Crippen molar-refractivity contribution in [2.24, 2.45) is 23.7 Å². The molecule has 1 heterocycles. The van der Waals surface area contributed by atoms with E-state index in [1.54, 1.807) is 4.31 Å². The molecule has 4 atom stereocenters. The molecule has 1 aromatic rings. The molecule has 0 unspecified atom stereocenters. The molecule has 30 heavy (non-hydrogen) atoms. The van der Waals surface area contributed by atoms with Gasteiger partial charge in [0.15, 0.2) is 0 Å². The molecule has 1 aromatic carbocycles.